The van der Waals surface area contributed by atoms with Gasteiger partial charge in [-0.1, -0.05) is 75.1 Å². The van der Waals surface area contributed by atoms with Crippen molar-refractivity contribution < 1.29 is 38.6 Å². The molecule has 14 nitrogen and oxygen atoms in total. The first-order valence-electron chi connectivity index (χ1n) is 20.6. The Hall–Kier alpha value is -3.54. The van der Waals surface area contributed by atoms with E-state index in [0.29, 0.717) is 42.0 Å². The standard InChI is InChI=1S/C42H63N5O9S3/c1-8-27(4)38(45-41(52)34-13-9-10-17-47(34)6)39(50)30(24-56-37(49)20-26(2)3)12-11-14-36-44-33(25-58-36)40(51)43-31(21-28(5)42(53)55-18-19-59-57-7)22-29-15-16-35(48)32(23-29)46-54/h15-16,23,25-28,30-31,34,38,48H,8-14,17-22,24H2,1-7H3,(H,43,51)(H,45,52)/t27?,28-,30?,31+,34+,38-/m0/s1. The molecule has 0 radical (unpaired) electrons. The third-order valence-electron chi connectivity index (χ3n) is 10.6. The number of likely N-dealkylation sites (N-methyl/N-ethyl adjacent to an activating group) is 1. The van der Waals surface area contributed by atoms with Crippen molar-refractivity contribution in [2.24, 2.45) is 28.8 Å². The summed E-state index contributed by atoms with van der Waals surface area (Å²) in [6.45, 7) is 10.5. The van der Waals surface area contributed by atoms with Gasteiger partial charge in [-0.05, 0) is 99.5 Å². The molecule has 2 amide bonds. The van der Waals surface area contributed by atoms with Crippen molar-refractivity contribution in [3.05, 3.63) is 44.8 Å². The number of likely N-dealkylation sites (tertiary alicyclic amines) is 1. The fraction of sp³-hybridized carbons (Fsp3) is 0.667. The second-order valence-corrected chi connectivity index (χ2v) is 19.5. The lowest BCUT2D eigenvalue weighted by molar-refractivity contribution is -0.149. The number of phenolic OH excluding ortho intramolecular Hbond substituents is 1. The maximum absolute atomic E-state index is 14.2. The quantitative estimate of drug-likeness (QED) is 0.0370. The Morgan fingerprint density at radius 1 is 1.10 bits per heavy atom. The molecule has 2 heterocycles. The molecule has 6 atom stereocenters. The summed E-state index contributed by atoms with van der Waals surface area (Å²) in [6.07, 6.45) is 7.43. The number of nitrogens with zero attached hydrogens (tertiary/aromatic N) is 3. The van der Waals surface area contributed by atoms with Crippen LogP contribution in [0.25, 0.3) is 0 Å². The van der Waals surface area contributed by atoms with Gasteiger partial charge >= 0.3 is 11.9 Å². The van der Waals surface area contributed by atoms with Crippen LogP contribution >= 0.6 is 32.9 Å². The van der Waals surface area contributed by atoms with Gasteiger partial charge in [0.05, 0.1) is 28.9 Å². The highest BCUT2D eigenvalue weighted by atomic mass is 33.1. The number of hydrogen-bond acceptors (Lipinski definition) is 15. The van der Waals surface area contributed by atoms with Gasteiger partial charge in [-0.25, -0.2) is 4.98 Å². The van der Waals surface area contributed by atoms with Gasteiger partial charge in [-0.2, -0.15) is 0 Å². The average Bonchev–Trinajstić information content (AvgIpc) is 3.69. The van der Waals surface area contributed by atoms with E-state index in [2.05, 4.69) is 20.8 Å². The number of amides is 2. The number of phenols is 1. The van der Waals surface area contributed by atoms with E-state index in [1.807, 2.05) is 45.9 Å². The molecular weight excluding hydrogens is 815 g/mol. The van der Waals surface area contributed by atoms with Crippen LogP contribution in [0.3, 0.4) is 0 Å². The van der Waals surface area contributed by atoms with Crippen LogP contribution in [0.15, 0.2) is 28.8 Å². The van der Waals surface area contributed by atoms with Gasteiger partial charge < -0.3 is 25.2 Å². The summed E-state index contributed by atoms with van der Waals surface area (Å²) in [7, 11) is 5.10. The summed E-state index contributed by atoms with van der Waals surface area (Å²) < 4.78 is 11.1. The summed E-state index contributed by atoms with van der Waals surface area (Å²) in [5.74, 6) is -2.34. The van der Waals surface area contributed by atoms with Gasteiger partial charge in [-0.3, -0.25) is 28.9 Å². The van der Waals surface area contributed by atoms with Gasteiger partial charge in [0.1, 0.15) is 30.3 Å². The van der Waals surface area contributed by atoms with Crippen LogP contribution in [0.4, 0.5) is 5.69 Å². The molecule has 328 valence electrons. The summed E-state index contributed by atoms with van der Waals surface area (Å²) in [4.78, 5) is 84.6. The van der Waals surface area contributed by atoms with Gasteiger partial charge in [0.2, 0.25) is 5.91 Å². The van der Waals surface area contributed by atoms with Crippen LogP contribution in [0.1, 0.15) is 107 Å². The number of carbonyl (C=O) groups is 5. The van der Waals surface area contributed by atoms with Crippen molar-refractivity contribution in [2.75, 3.05) is 38.8 Å². The number of nitroso groups, excluding NO2 is 1. The number of rotatable bonds is 26. The first-order valence-corrected chi connectivity index (χ1v) is 24.2. The number of thiazole rings is 1. The molecule has 1 aromatic carbocycles. The topological polar surface area (TPSA) is 194 Å². The third kappa shape index (κ3) is 16.8. The number of benzene rings is 1. The maximum Gasteiger partial charge on any atom is 0.308 e. The predicted molar refractivity (Wildman–Crippen MR) is 235 cm³/mol. The van der Waals surface area contributed by atoms with Crippen molar-refractivity contribution in [2.45, 2.75) is 117 Å². The molecule has 1 saturated heterocycles. The van der Waals surface area contributed by atoms with Gasteiger partial charge in [0.15, 0.2) is 5.78 Å². The lowest BCUT2D eigenvalue weighted by atomic mass is 9.86. The van der Waals surface area contributed by atoms with Crippen LogP contribution in [0.5, 0.6) is 5.75 Å². The monoisotopic (exact) mass is 877 g/mol. The zero-order valence-electron chi connectivity index (χ0n) is 35.5. The molecule has 3 rings (SSSR count). The molecule has 2 unspecified atom stereocenters. The minimum Gasteiger partial charge on any atom is -0.506 e. The highest BCUT2D eigenvalue weighted by Gasteiger charge is 2.35. The Bertz CT molecular complexity index is 1690. The molecule has 59 heavy (non-hydrogen) atoms. The summed E-state index contributed by atoms with van der Waals surface area (Å²) in [5, 5.41) is 21.2. The number of aromatic nitrogens is 1. The van der Waals surface area contributed by atoms with Gasteiger partial charge in [0.25, 0.3) is 5.91 Å². The molecule has 1 fully saturated rings. The van der Waals surface area contributed by atoms with E-state index >= 15 is 0 Å². The van der Waals surface area contributed by atoms with E-state index in [4.69, 9.17) is 9.47 Å². The fourth-order valence-electron chi connectivity index (χ4n) is 6.99. The molecular formula is C42H63N5O9S3. The lowest BCUT2D eigenvalue weighted by Crippen LogP contribution is -2.55. The molecule has 17 heteroatoms. The number of aryl methyl sites for hydroxylation is 1. The van der Waals surface area contributed by atoms with Gasteiger partial charge in [-0.15, -0.1) is 16.2 Å². The Morgan fingerprint density at radius 3 is 2.54 bits per heavy atom. The zero-order chi connectivity index (χ0) is 43.5. The largest absolute Gasteiger partial charge is 0.506 e. The van der Waals surface area contributed by atoms with Crippen LogP contribution in [0.2, 0.25) is 0 Å². The van der Waals surface area contributed by atoms with Crippen molar-refractivity contribution in [3.8, 4) is 5.75 Å². The zero-order valence-corrected chi connectivity index (χ0v) is 38.0. The highest BCUT2D eigenvalue weighted by Crippen LogP contribution is 2.28. The normalized spacial score (nSPS) is 17.0. The van der Waals surface area contributed by atoms with Crippen LogP contribution in [-0.4, -0.2) is 101 Å². The summed E-state index contributed by atoms with van der Waals surface area (Å²) in [6, 6.07) is 2.86. The minimum absolute atomic E-state index is 0.0857. The lowest BCUT2D eigenvalue weighted by Gasteiger charge is -2.34. The Labute approximate surface area is 360 Å². The number of ketones is 1. The van der Waals surface area contributed by atoms with E-state index < -0.39 is 29.8 Å². The van der Waals surface area contributed by atoms with E-state index in [0.717, 1.165) is 25.8 Å². The Kier molecular flexibility index (Phi) is 21.9. The van der Waals surface area contributed by atoms with Gasteiger partial charge in [0, 0.05) is 23.6 Å². The molecule has 0 bridgehead atoms. The smallest absolute Gasteiger partial charge is 0.308 e. The first-order chi connectivity index (χ1) is 28.2. The van der Waals surface area contributed by atoms with Crippen LogP contribution in [-0.2, 0) is 41.5 Å². The molecule has 2 aromatic rings. The number of nitrogens with one attached hydrogen (secondary N) is 2. The van der Waals surface area contributed by atoms with Crippen LogP contribution < -0.4 is 10.6 Å². The van der Waals surface area contributed by atoms with Crippen LogP contribution in [0, 0.1) is 28.6 Å². The summed E-state index contributed by atoms with van der Waals surface area (Å²) >= 11 is 1.32. The SMILES string of the molecule is CCC(C)[C@H](NC(=O)[C@H]1CCCCN1C)C(=O)C(CCCc1nc(C(=O)N[C@@H](Cc2ccc(O)c(N=O)c2)C[C@H](C)C(=O)OCCSSC)cs1)COC(=O)CC(C)C. The minimum atomic E-state index is -0.730. The van der Waals surface area contributed by atoms with E-state index in [1.54, 1.807) is 40.0 Å². The number of hydrogen-bond donors (Lipinski definition) is 3. The summed E-state index contributed by atoms with van der Waals surface area (Å²) in [5.41, 5.74) is 0.706. The van der Waals surface area contributed by atoms with Crippen molar-refractivity contribution >= 4 is 68.1 Å². The Balaban J connectivity index is 1.72. The maximum atomic E-state index is 14.2. The van der Waals surface area contributed by atoms with E-state index in [9.17, 15) is 34.0 Å². The second kappa shape index (κ2) is 25.9. The van der Waals surface area contributed by atoms with E-state index in [-0.39, 0.29) is 91.1 Å². The number of piperidine rings is 1. The fourth-order valence-corrected chi connectivity index (χ4v) is 8.84. The van der Waals surface area contributed by atoms with Crippen molar-refractivity contribution in [1.29, 1.82) is 0 Å². The van der Waals surface area contributed by atoms with E-state index in [1.165, 1.54) is 23.5 Å². The molecule has 1 aliphatic heterocycles. The predicted octanol–water partition coefficient (Wildman–Crippen LogP) is 7.28. The number of esters is 2. The number of ether oxygens (including phenoxy) is 2. The van der Waals surface area contributed by atoms with Crippen molar-refractivity contribution in [3.63, 3.8) is 0 Å². The highest BCUT2D eigenvalue weighted by molar-refractivity contribution is 8.76. The van der Waals surface area contributed by atoms with Crippen molar-refractivity contribution in [1.82, 2.24) is 20.5 Å². The first kappa shape index (κ1) is 49.8. The molecule has 0 spiro atoms. The average molecular weight is 878 g/mol. The molecule has 0 saturated carbocycles. The Morgan fingerprint density at radius 2 is 1.86 bits per heavy atom. The number of aromatic hydroxyl groups is 1. The molecule has 1 aliphatic rings. The third-order valence-corrected chi connectivity index (χ3v) is 13.3. The molecule has 3 N–H and O–H groups in total. The molecule has 1 aromatic heterocycles. The second-order valence-electron chi connectivity index (χ2n) is 15.8. The number of Topliss-reactive ketones (excluding diaryl/α,β-unsaturated/α-hetero) is 1. The number of carbonyl (C=O) groups excluding carboxylic acids is 5. The molecule has 0 aliphatic carbocycles.